The molecule has 1 aromatic carbocycles. The molecule has 0 fully saturated rings. The van der Waals surface area contributed by atoms with Crippen LogP contribution in [0.1, 0.15) is 25.0 Å². The molecule has 102 valence electrons. The minimum Gasteiger partial charge on any atom is -0.492 e. The fraction of sp³-hybridized carbons (Fsp3) is 0.600. The first kappa shape index (κ1) is 15.0. The molecule has 18 heavy (non-hydrogen) atoms. The Morgan fingerprint density at radius 1 is 1.28 bits per heavy atom. The highest BCUT2D eigenvalue weighted by atomic mass is 16.5. The predicted molar refractivity (Wildman–Crippen MR) is 77.2 cm³/mol. The first-order valence-corrected chi connectivity index (χ1v) is 6.60. The Bertz CT molecular complexity index is 362. The first-order chi connectivity index (χ1) is 8.50. The lowest BCUT2D eigenvalue weighted by molar-refractivity contribution is 0.257. The van der Waals surface area contributed by atoms with E-state index in [0.29, 0.717) is 6.04 Å². The van der Waals surface area contributed by atoms with Crippen LogP contribution in [-0.2, 0) is 6.54 Å². The molecular weight excluding hydrogens is 224 g/mol. The molecule has 0 amide bonds. The highest BCUT2D eigenvalue weighted by molar-refractivity contribution is 5.40. The predicted octanol–water partition coefficient (Wildman–Crippen LogP) is 2.43. The van der Waals surface area contributed by atoms with E-state index in [4.69, 9.17) is 4.74 Å². The Morgan fingerprint density at radius 2 is 2.00 bits per heavy atom. The van der Waals surface area contributed by atoms with Gasteiger partial charge in [-0.1, -0.05) is 32.0 Å². The van der Waals surface area contributed by atoms with Crippen LogP contribution < -0.4 is 10.1 Å². The van der Waals surface area contributed by atoms with Crippen molar-refractivity contribution in [2.75, 3.05) is 27.2 Å². The average molecular weight is 250 g/mol. The SMILES string of the molecule is Cc1cccc(CNC(C)C)c1OCCN(C)C. The van der Waals surface area contributed by atoms with Crippen LogP contribution in [0.25, 0.3) is 0 Å². The zero-order valence-electron chi connectivity index (χ0n) is 12.3. The van der Waals surface area contributed by atoms with Gasteiger partial charge in [0.25, 0.3) is 0 Å². The van der Waals surface area contributed by atoms with Crippen molar-refractivity contribution in [3.8, 4) is 5.75 Å². The normalized spacial score (nSPS) is 11.3. The van der Waals surface area contributed by atoms with Gasteiger partial charge in [0.15, 0.2) is 0 Å². The molecule has 0 unspecified atom stereocenters. The maximum absolute atomic E-state index is 5.93. The minimum atomic E-state index is 0.486. The maximum Gasteiger partial charge on any atom is 0.126 e. The summed E-state index contributed by atoms with van der Waals surface area (Å²) >= 11 is 0. The van der Waals surface area contributed by atoms with Crippen molar-refractivity contribution in [1.82, 2.24) is 10.2 Å². The standard InChI is InChI=1S/C15H26N2O/c1-12(2)16-11-14-8-6-7-13(3)15(14)18-10-9-17(4)5/h6-8,12,16H,9-11H2,1-5H3. The number of rotatable bonds is 7. The molecule has 0 aromatic heterocycles. The number of nitrogens with zero attached hydrogens (tertiary/aromatic N) is 1. The highest BCUT2D eigenvalue weighted by Gasteiger charge is 2.07. The van der Waals surface area contributed by atoms with Crippen LogP contribution in [0.15, 0.2) is 18.2 Å². The molecule has 0 aliphatic rings. The monoisotopic (exact) mass is 250 g/mol. The molecule has 0 heterocycles. The number of nitrogens with one attached hydrogen (secondary N) is 1. The van der Waals surface area contributed by atoms with E-state index in [1.54, 1.807) is 0 Å². The molecule has 0 saturated heterocycles. The topological polar surface area (TPSA) is 24.5 Å². The summed E-state index contributed by atoms with van der Waals surface area (Å²) in [6.07, 6.45) is 0. The van der Waals surface area contributed by atoms with E-state index in [1.807, 2.05) is 0 Å². The van der Waals surface area contributed by atoms with Crippen molar-refractivity contribution >= 4 is 0 Å². The van der Waals surface area contributed by atoms with Crippen LogP contribution in [0.5, 0.6) is 5.75 Å². The molecule has 0 saturated carbocycles. The van der Waals surface area contributed by atoms with E-state index >= 15 is 0 Å². The Morgan fingerprint density at radius 3 is 2.61 bits per heavy atom. The molecule has 1 rings (SSSR count). The summed E-state index contributed by atoms with van der Waals surface area (Å²) in [5.74, 6) is 1.03. The van der Waals surface area contributed by atoms with Crippen LogP contribution in [0.4, 0.5) is 0 Å². The van der Waals surface area contributed by atoms with Gasteiger partial charge in [0.2, 0.25) is 0 Å². The molecule has 0 atom stereocenters. The molecule has 3 heteroatoms. The van der Waals surface area contributed by atoms with Crippen molar-refractivity contribution < 1.29 is 4.74 Å². The van der Waals surface area contributed by atoms with Gasteiger partial charge < -0.3 is 15.0 Å². The zero-order chi connectivity index (χ0) is 13.5. The third kappa shape index (κ3) is 5.07. The summed E-state index contributed by atoms with van der Waals surface area (Å²) in [5, 5.41) is 3.44. The summed E-state index contributed by atoms with van der Waals surface area (Å²) < 4.78 is 5.93. The maximum atomic E-state index is 5.93. The van der Waals surface area contributed by atoms with Gasteiger partial charge in [0, 0.05) is 24.7 Å². The second-order valence-corrected chi connectivity index (χ2v) is 5.25. The van der Waals surface area contributed by atoms with Crippen LogP contribution in [0.3, 0.4) is 0 Å². The highest BCUT2D eigenvalue weighted by Crippen LogP contribution is 2.23. The molecule has 0 aliphatic heterocycles. The molecule has 0 radical (unpaired) electrons. The lowest BCUT2D eigenvalue weighted by Crippen LogP contribution is -2.23. The van der Waals surface area contributed by atoms with Crippen molar-refractivity contribution in [3.63, 3.8) is 0 Å². The fourth-order valence-corrected chi connectivity index (χ4v) is 1.70. The smallest absolute Gasteiger partial charge is 0.126 e. The van der Waals surface area contributed by atoms with Crippen molar-refractivity contribution in [3.05, 3.63) is 29.3 Å². The Hall–Kier alpha value is -1.06. The summed E-state index contributed by atoms with van der Waals surface area (Å²) in [4.78, 5) is 2.13. The van der Waals surface area contributed by atoms with Crippen LogP contribution in [-0.4, -0.2) is 38.2 Å². The van der Waals surface area contributed by atoms with Crippen molar-refractivity contribution in [2.45, 2.75) is 33.4 Å². The van der Waals surface area contributed by atoms with Gasteiger partial charge in [0.1, 0.15) is 12.4 Å². The van der Waals surface area contributed by atoms with Gasteiger partial charge in [0.05, 0.1) is 0 Å². The summed E-state index contributed by atoms with van der Waals surface area (Å²) in [5.41, 5.74) is 2.44. The largest absolute Gasteiger partial charge is 0.492 e. The number of benzene rings is 1. The minimum absolute atomic E-state index is 0.486. The van der Waals surface area contributed by atoms with E-state index in [2.05, 4.69) is 63.3 Å². The molecule has 1 aromatic rings. The van der Waals surface area contributed by atoms with Gasteiger partial charge in [-0.25, -0.2) is 0 Å². The van der Waals surface area contributed by atoms with E-state index in [1.165, 1.54) is 11.1 Å². The van der Waals surface area contributed by atoms with E-state index in [-0.39, 0.29) is 0 Å². The van der Waals surface area contributed by atoms with E-state index in [0.717, 1.165) is 25.4 Å². The van der Waals surface area contributed by atoms with Crippen LogP contribution in [0.2, 0.25) is 0 Å². The average Bonchev–Trinajstić information content (AvgIpc) is 2.28. The Labute approximate surface area is 111 Å². The van der Waals surface area contributed by atoms with Gasteiger partial charge in [-0.2, -0.15) is 0 Å². The third-order valence-corrected chi connectivity index (χ3v) is 2.78. The lowest BCUT2D eigenvalue weighted by atomic mass is 10.1. The van der Waals surface area contributed by atoms with Crippen LogP contribution in [0, 0.1) is 6.92 Å². The Kier molecular flexibility index (Phi) is 6.16. The van der Waals surface area contributed by atoms with Gasteiger partial charge in [-0.15, -0.1) is 0 Å². The number of hydrogen-bond donors (Lipinski definition) is 1. The lowest BCUT2D eigenvalue weighted by Gasteiger charge is -2.17. The first-order valence-electron chi connectivity index (χ1n) is 6.60. The second-order valence-electron chi connectivity index (χ2n) is 5.25. The molecule has 0 bridgehead atoms. The van der Waals surface area contributed by atoms with Gasteiger partial charge in [-0.05, 0) is 26.6 Å². The zero-order valence-corrected chi connectivity index (χ0v) is 12.3. The number of hydrogen-bond acceptors (Lipinski definition) is 3. The molecule has 0 spiro atoms. The van der Waals surface area contributed by atoms with Gasteiger partial charge in [-0.3, -0.25) is 0 Å². The Balaban J connectivity index is 2.67. The fourth-order valence-electron chi connectivity index (χ4n) is 1.70. The van der Waals surface area contributed by atoms with Crippen molar-refractivity contribution in [1.29, 1.82) is 0 Å². The molecular formula is C15H26N2O. The summed E-state index contributed by atoms with van der Waals surface area (Å²) in [7, 11) is 4.12. The third-order valence-electron chi connectivity index (χ3n) is 2.78. The second kappa shape index (κ2) is 7.39. The molecule has 0 aliphatic carbocycles. The van der Waals surface area contributed by atoms with E-state index in [9.17, 15) is 0 Å². The summed E-state index contributed by atoms with van der Waals surface area (Å²) in [6, 6.07) is 6.81. The quantitative estimate of drug-likeness (QED) is 0.804. The van der Waals surface area contributed by atoms with Gasteiger partial charge >= 0.3 is 0 Å². The molecule has 1 N–H and O–H groups in total. The number of likely N-dealkylation sites (N-methyl/N-ethyl adjacent to an activating group) is 1. The van der Waals surface area contributed by atoms with Crippen molar-refractivity contribution in [2.24, 2.45) is 0 Å². The van der Waals surface area contributed by atoms with Crippen LogP contribution >= 0.6 is 0 Å². The number of para-hydroxylation sites is 1. The number of ether oxygens (including phenoxy) is 1. The molecule has 3 nitrogen and oxygen atoms in total. The summed E-state index contributed by atoms with van der Waals surface area (Å²) in [6.45, 7) is 8.93. The number of aryl methyl sites for hydroxylation is 1. The van der Waals surface area contributed by atoms with E-state index < -0.39 is 0 Å².